The molecule has 2 heteroatoms. The van der Waals surface area contributed by atoms with Gasteiger partial charge in [-0.2, -0.15) is 0 Å². The summed E-state index contributed by atoms with van der Waals surface area (Å²) in [6.07, 6.45) is 0. The summed E-state index contributed by atoms with van der Waals surface area (Å²) in [5, 5.41) is 0. The van der Waals surface area contributed by atoms with Crippen molar-refractivity contribution in [2.24, 2.45) is 0 Å². The van der Waals surface area contributed by atoms with Crippen LogP contribution in [0.3, 0.4) is 0 Å². The van der Waals surface area contributed by atoms with Gasteiger partial charge in [0.15, 0.2) is 0 Å². The van der Waals surface area contributed by atoms with E-state index in [0.717, 1.165) is 5.69 Å². The maximum absolute atomic E-state index is 5.36. The van der Waals surface area contributed by atoms with Crippen LogP contribution in [0.5, 0.6) is 0 Å². The molecule has 2 N–H and O–H groups in total. The average Bonchev–Trinajstić information content (AvgIpc) is 1.69. The molecule has 1 rings (SSSR count). The first-order valence-corrected chi connectivity index (χ1v) is 2.20. The average molecular weight is 302 g/mol. The molecule has 0 saturated heterocycles. The van der Waals surface area contributed by atoms with Crippen LogP contribution in [0.2, 0.25) is 0 Å². The Hall–Kier alpha value is -0.0969. The number of nitrogens with two attached hydrogens (primary N) is 1. The van der Waals surface area contributed by atoms with E-state index in [2.05, 4.69) is 0 Å². The number of anilines is 1. The molecule has 1 nitrogen and oxygen atoms in total. The molecule has 0 heterocycles. The van der Waals surface area contributed by atoms with Crippen LogP contribution in [-0.4, -0.2) is 26.2 Å². The van der Waals surface area contributed by atoms with Gasteiger partial charge < -0.3 is 5.73 Å². The molecule has 0 spiro atoms. The molecule has 41 valence electrons. The van der Waals surface area contributed by atoms with Crippen LogP contribution >= 0.6 is 0 Å². The van der Waals surface area contributed by atoms with Gasteiger partial charge in [-0.05, 0) is 12.1 Å². The fourth-order valence-corrected chi connectivity index (χ4v) is 0.453. The van der Waals surface area contributed by atoms with Crippen molar-refractivity contribution in [2.45, 2.75) is 0 Å². The van der Waals surface area contributed by atoms with Gasteiger partial charge in [0.2, 0.25) is 0 Å². The van der Waals surface area contributed by atoms with Crippen molar-refractivity contribution in [2.75, 3.05) is 5.73 Å². The second kappa shape index (κ2) is 3.85. The molecule has 0 aliphatic rings. The van der Waals surface area contributed by atoms with Crippen molar-refractivity contribution in [3.05, 3.63) is 30.3 Å². The van der Waals surface area contributed by atoms with Gasteiger partial charge in [0.1, 0.15) is 0 Å². The van der Waals surface area contributed by atoms with Gasteiger partial charge in [-0.3, -0.25) is 0 Å². The summed E-state index contributed by atoms with van der Waals surface area (Å²) < 4.78 is 0. The monoisotopic (exact) mass is 302 g/mol. The second-order valence-electron chi connectivity index (χ2n) is 1.41. The number of nitrogen functional groups attached to an aromatic ring is 1. The zero-order chi connectivity index (χ0) is 5.11. The van der Waals surface area contributed by atoms with Crippen molar-refractivity contribution in [1.29, 1.82) is 0 Å². The first kappa shape index (κ1) is 7.90. The number of benzene rings is 1. The first-order valence-electron chi connectivity index (χ1n) is 2.20. The molecular weight excluding hydrogens is 295 g/mol. The van der Waals surface area contributed by atoms with Crippen molar-refractivity contribution in [3.8, 4) is 0 Å². The molecule has 3 radical (unpaired) electrons. The van der Waals surface area contributed by atoms with Crippen molar-refractivity contribution in [3.63, 3.8) is 0 Å². The van der Waals surface area contributed by atoms with E-state index in [4.69, 9.17) is 5.73 Å². The molecule has 0 bridgehead atoms. The molecule has 0 amide bonds. The Morgan fingerprint density at radius 1 is 1.00 bits per heavy atom. The fraction of sp³-hybridized carbons (Fsp3) is 0. The number of para-hydroxylation sites is 1. The Balaban J connectivity index is 0.000000490. The first-order chi connectivity index (χ1) is 3.39. The smallest absolute Gasteiger partial charge is 0.0313 e. The Morgan fingerprint density at radius 3 is 1.75 bits per heavy atom. The summed E-state index contributed by atoms with van der Waals surface area (Å²) in [6.45, 7) is 0. The number of hydrogen-bond acceptors (Lipinski definition) is 1. The Labute approximate surface area is 68.0 Å². The predicted molar refractivity (Wildman–Crippen MR) is 36.6 cm³/mol. The molecule has 1 aromatic rings. The van der Waals surface area contributed by atoms with Gasteiger partial charge in [-0.25, -0.2) is 0 Å². The summed E-state index contributed by atoms with van der Waals surface area (Å²) in [4.78, 5) is 0. The molecule has 8 heavy (non-hydrogen) atoms. The van der Waals surface area contributed by atoms with Crippen LogP contribution in [0, 0.1) is 0 Å². The van der Waals surface area contributed by atoms with Crippen LogP contribution in [0.15, 0.2) is 30.3 Å². The van der Waals surface area contributed by atoms with Gasteiger partial charge in [0, 0.05) is 31.9 Å². The minimum Gasteiger partial charge on any atom is -0.399 e. The number of hydrogen-bond donors (Lipinski definition) is 1. The fourth-order valence-electron chi connectivity index (χ4n) is 0.453. The standard InChI is InChI=1S/C6H7N.Bi/c7-6-4-2-1-3-5-6;/h1-5H,7H2;. The number of rotatable bonds is 0. The van der Waals surface area contributed by atoms with Gasteiger partial charge >= 0.3 is 0 Å². The van der Waals surface area contributed by atoms with Gasteiger partial charge in [-0.15, -0.1) is 0 Å². The van der Waals surface area contributed by atoms with E-state index < -0.39 is 0 Å². The van der Waals surface area contributed by atoms with Crippen LogP contribution in [-0.2, 0) is 0 Å². The maximum Gasteiger partial charge on any atom is 0.0313 e. The summed E-state index contributed by atoms with van der Waals surface area (Å²) in [5.74, 6) is 0. The van der Waals surface area contributed by atoms with Gasteiger partial charge in [0.05, 0.1) is 0 Å². The molecule has 0 saturated carbocycles. The zero-order valence-electron chi connectivity index (χ0n) is 4.41. The Bertz CT molecular complexity index is 138. The molecule has 0 atom stereocenters. The molecule has 0 unspecified atom stereocenters. The van der Waals surface area contributed by atoms with Crippen LogP contribution < -0.4 is 5.73 Å². The summed E-state index contributed by atoms with van der Waals surface area (Å²) >= 11 is 0. The quantitative estimate of drug-likeness (QED) is 0.559. The van der Waals surface area contributed by atoms with E-state index >= 15 is 0 Å². The Morgan fingerprint density at radius 2 is 1.50 bits per heavy atom. The van der Waals surface area contributed by atoms with Crippen molar-refractivity contribution >= 4 is 31.9 Å². The minimum atomic E-state index is 0. The molecule has 0 fully saturated rings. The Kier molecular flexibility index (Phi) is 3.80. The summed E-state index contributed by atoms with van der Waals surface area (Å²) in [7, 11) is 0. The SMILES string of the molecule is Nc1ccccc1.[Bi]. The molecule has 1 aromatic carbocycles. The van der Waals surface area contributed by atoms with Crippen molar-refractivity contribution in [1.82, 2.24) is 0 Å². The van der Waals surface area contributed by atoms with E-state index in [1.165, 1.54) is 0 Å². The van der Waals surface area contributed by atoms with Crippen LogP contribution in [0.25, 0.3) is 0 Å². The predicted octanol–water partition coefficient (Wildman–Crippen LogP) is 0.888. The van der Waals surface area contributed by atoms with Crippen LogP contribution in [0.1, 0.15) is 0 Å². The van der Waals surface area contributed by atoms with E-state index in [-0.39, 0.29) is 26.2 Å². The molecule has 0 aliphatic heterocycles. The normalized spacial score (nSPS) is 7.50. The summed E-state index contributed by atoms with van der Waals surface area (Å²) in [5.41, 5.74) is 6.18. The third-order valence-corrected chi connectivity index (χ3v) is 0.800. The van der Waals surface area contributed by atoms with E-state index in [1.807, 2.05) is 30.3 Å². The zero-order valence-corrected chi connectivity index (χ0v) is 7.89. The topological polar surface area (TPSA) is 26.0 Å². The molecule has 0 aliphatic carbocycles. The van der Waals surface area contributed by atoms with Gasteiger partial charge in [0.25, 0.3) is 0 Å². The molecule has 0 aromatic heterocycles. The van der Waals surface area contributed by atoms with Crippen LogP contribution in [0.4, 0.5) is 5.69 Å². The maximum atomic E-state index is 5.36. The van der Waals surface area contributed by atoms with Gasteiger partial charge in [-0.1, -0.05) is 18.2 Å². The van der Waals surface area contributed by atoms with Crippen molar-refractivity contribution < 1.29 is 0 Å². The minimum absolute atomic E-state index is 0. The van der Waals surface area contributed by atoms with E-state index in [9.17, 15) is 0 Å². The molecular formula is C6H7BiN. The second-order valence-corrected chi connectivity index (χ2v) is 1.41. The third-order valence-electron chi connectivity index (χ3n) is 0.800. The van der Waals surface area contributed by atoms with E-state index in [1.54, 1.807) is 0 Å². The third kappa shape index (κ3) is 2.27. The largest absolute Gasteiger partial charge is 0.399 e. The van der Waals surface area contributed by atoms with E-state index in [0.29, 0.717) is 0 Å². The summed E-state index contributed by atoms with van der Waals surface area (Å²) in [6, 6.07) is 9.49.